The van der Waals surface area contributed by atoms with Crippen LogP contribution in [-0.4, -0.2) is 18.1 Å². The molecule has 5 heteroatoms. The standard InChI is InChI=1S/C10H11F2NOS/c11-10(12)15-8-3-1-2-7(6-8)9(14)4-5-13/h1-3,6,10H,4-5,13H2. The van der Waals surface area contributed by atoms with Gasteiger partial charge in [-0.05, 0) is 18.7 Å². The Morgan fingerprint density at radius 1 is 1.47 bits per heavy atom. The Morgan fingerprint density at radius 2 is 2.20 bits per heavy atom. The van der Waals surface area contributed by atoms with Crippen molar-refractivity contribution >= 4 is 17.5 Å². The average molecular weight is 231 g/mol. The normalized spacial score (nSPS) is 10.7. The van der Waals surface area contributed by atoms with Crippen molar-refractivity contribution in [2.24, 2.45) is 5.73 Å². The molecule has 1 aromatic rings. The number of hydrogen-bond donors (Lipinski definition) is 1. The van der Waals surface area contributed by atoms with Crippen LogP contribution in [0.2, 0.25) is 0 Å². The molecule has 0 bridgehead atoms. The van der Waals surface area contributed by atoms with E-state index in [4.69, 9.17) is 5.73 Å². The van der Waals surface area contributed by atoms with Gasteiger partial charge in [0, 0.05) is 16.9 Å². The van der Waals surface area contributed by atoms with E-state index in [0.29, 0.717) is 22.2 Å². The zero-order chi connectivity index (χ0) is 11.3. The number of carbonyl (C=O) groups is 1. The molecule has 2 N–H and O–H groups in total. The second-order valence-corrected chi connectivity index (χ2v) is 3.93. The van der Waals surface area contributed by atoms with Gasteiger partial charge in [-0.3, -0.25) is 4.79 Å². The third kappa shape index (κ3) is 3.97. The van der Waals surface area contributed by atoms with E-state index in [1.54, 1.807) is 18.2 Å². The third-order valence-electron chi connectivity index (χ3n) is 1.75. The molecule has 0 unspecified atom stereocenters. The van der Waals surface area contributed by atoms with Gasteiger partial charge in [0.15, 0.2) is 5.78 Å². The fourth-order valence-corrected chi connectivity index (χ4v) is 1.68. The molecule has 0 saturated heterocycles. The first-order valence-electron chi connectivity index (χ1n) is 4.41. The second-order valence-electron chi connectivity index (χ2n) is 2.87. The molecule has 0 aliphatic heterocycles. The summed E-state index contributed by atoms with van der Waals surface area (Å²) in [6.07, 6.45) is 0.239. The van der Waals surface area contributed by atoms with E-state index >= 15 is 0 Å². The van der Waals surface area contributed by atoms with Gasteiger partial charge in [-0.1, -0.05) is 23.9 Å². The summed E-state index contributed by atoms with van der Waals surface area (Å²) in [7, 11) is 0. The quantitative estimate of drug-likeness (QED) is 0.625. The maximum Gasteiger partial charge on any atom is 0.288 e. The number of benzene rings is 1. The lowest BCUT2D eigenvalue weighted by Crippen LogP contribution is -2.08. The molecule has 0 heterocycles. The molecule has 0 amide bonds. The van der Waals surface area contributed by atoms with E-state index in [2.05, 4.69) is 0 Å². The molecule has 0 aromatic heterocycles. The van der Waals surface area contributed by atoms with Crippen LogP contribution in [0.4, 0.5) is 8.78 Å². The Bertz CT molecular complexity index is 344. The van der Waals surface area contributed by atoms with Gasteiger partial charge in [0.05, 0.1) is 0 Å². The first-order valence-corrected chi connectivity index (χ1v) is 5.29. The smallest absolute Gasteiger partial charge is 0.288 e. The minimum atomic E-state index is -2.47. The first kappa shape index (κ1) is 12.1. The summed E-state index contributed by atoms with van der Waals surface area (Å²) in [5, 5.41) is 0. The molecule has 2 nitrogen and oxygen atoms in total. The van der Waals surface area contributed by atoms with E-state index in [1.807, 2.05) is 0 Å². The summed E-state index contributed by atoms with van der Waals surface area (Å²) >= 11 is 0.431. The molecule has 0 fully saturated rings. The third-order valence-corrected chi connectivity index (χ3v) is 2.46. The van der Waals surface area contributed by atoms with Gasteiger partial charge >= 0.3 is 0 Å². The summed E-state index contributed by atoms with van der Waals surface area (Å²) < 4.78 is 24.1. The van der Waals surface area contributed by atoms with E-state index < -0.39 is 5.76 Å². The lowest BCUT2D eigenvalue weighted by atomic mass is 10.1. The van der Waals surface area contributed by atoms with Gasteiger partial charge in [0.1, 0.15) is 0 Å². The Balaban J connectivity index is 2.78. The van der Waals surface area contributed by atoms with Crippen LogP contribution in [0.15, 0.2) is 29.2 Å². The number of halogens is 2. The number of hydrogen-bond acceptors (Lipinski definition) is 3. The fourth-order valence-electron chi connectivity index (χ4n) is 1.12. The Labute approximate surface area is 90.8 Å². The molecular formula is C10H11F2NOS. The van der Waals surface area contributed by atoms with Crippen molar-refractivity contribution < 1.29 is 13.6 Å². The SMILES string of the molecule is NCCC(=O)c1cccc(SC(F)F)c1. The van der Waals surface area contributed by atoms with E-state index in [0.717, 1.165) is 0 Å². The maximum atomic E-state index is 12.1. The predicted octanol–water partition coefficient (Wildman–Crippen LogP) is 2.53. The van der Waals surface area contributed by atoms with Crippen molar-refractivity contribution in [3.8, 4) is 0 Å². The van der Waals surface area contributed by atoms with Crippen LogP contribution in [0, 0.1) is 0 Å². The molecule has 0 saturated carbocycles. The predicted molar refractivity (Wildman–Crippen MR) is 56.3 cm³/mol. The largest absolute Gasteiger partial charge is 0.330 e. The van der Waals surface area contributed by atoms with Crippen molar-refractivity contribution in [2.75, 3.05) is 6.54 Å². The number of ketones is 1. The maximum absolute atomic E-state index is 12.1. The van der Waals surface area contributed by atoms with Crippen molar-refractivity contribution in [2.45, 2.75) is 17.1 Å². The van der Waals surface area contributed by atoms with Gasteiger partial charge in [-0.15, -0.1) is 0 Å². The summed E-state index contributed by atoms with van der Waals surface area (Å²) in [5.41, 5.74) is 5.68. The van der Waals surface area contributed by atoms with Gasteiger partial charge in [0.25, 0.3) is 5.76 Å². The molecule has 0 aliphatic rings. The minimum absolute atomic E-state index is 0.116. The molecule has 0 radical (unpaired) electrons. The zero-order valence-electron chi connectivity index (χ0n) is 7.95. The highest BCUT2D eigenvalue weighted by molar-refractivity contribution is 7.99. The van der Waals surface area contributed by atoms with Gasteiger partial charge in [0.2, 0.25) is 0 Å². The Kier molecular flexibility index (Phi) is 4.71. The first-order chi connectivity index (χ1) is 7.13. The van der Waals surface area contributed by atoms with Crippen LogP contribution in [0.3, 0.4) is 0 Å². The highest BCUT2D eigenvalue weighted by Crippen LogP contribution is 2.25. The molecule has 0 spiro atoms. The number of alkyl halides is 2. The lowest BCUT2D eigenvalue weighted by molar-refractivity contribution is 0.0985. The molecule has 0 aliphatic carbocycles. The van der Waals surface area contributed by atoms with Gasteiger partial charge < -0.3 is 5.73 Å². The van der Waals surface area contributed by atoms with Gasteiger partial charge in [-0.2, -0.15) is 8.78 Å². The van der Waals surface area contributed by atoms with Gasteiger partial charge in [-0.25, -0.2) is 0 Å². The van der Waals surface area contributed by atoms with Crippen molar-refractivity contribution in [1.82, 2.24) is 0 Å². The summed E-state index contributed by atoms with van der Waals surface area (Å²) in [4.78, 5) is 11.8. The van der Waals surface area contributed by atoms with Crippen LogP contribution in [0.5, 0.6) is 0 Å². The van der Waals surface area contributed by atoms with Crippen molar-refractivity contribution in [1.29, 1.82) is 0 Å². The molecule has 15 heavy (non-hydrogen) atoms. The molecular weight excluding hydrogens is 220 g/mol. The van der Waals surface area contributed by atoms with Crippen molar-refractivity contribution in [3.05, 3.63) is 29.8 Å². The zero-order valence-corrected chi connectivity index (χ0v) is 8.77. The lowest BCUT2D eigenvalue weighted by Gasteiger charge is -2.03. The number of Topliss-reactive ketones (excluding diaryl/α,β-unsaturated/α-hetero) is 1. The highest BCUT2D eigenvalue weighted by Gasteiger charge is 2.08. The molecule has 82 valence electrons. The number of nitrogens with two attached hydrogens (primary N) is 1. The average Bonchev–Trinajstić information content (AvgIpc) is 2.17. The summed E-state index contributed by atoms with van der Waals surface area (Å²) in [6, 6.07) is 6.22. The van der Waals surface area contributed by atoms with Crippen LogP contribution < -0.4 is 5.73 Å². The van der Waals surface area contributed by atoms with Crippen molar-refractivity contribution in [3.63, 3.8) is 0 Å². The summed E-state index contributed by atoms with van der Waals surface area (Å²) in [5.74, 6) is -2.58. The van der Waals surface area contributed by atoms with E-state index in [1.165, 1.54) is 6.07 Å². The Hall–Kier alpha value is -0.940. The van der Waals surface area contributed by atoms with Crippen LogP contribution in [0.25, 0.3) is 0 Å². The number of carbonyl (C=O) groups excluding carboxylic acids is 1. The topological polar surface area (TPSA) is 43.1 Å². The summed E-state index contributed by atoms with van der Waals surface area (Å²) in [6.45, 7) is 0.269. The number of thioether (sulfide) groups is 1. The van der Waals surface area contributed by atoms with Crippen LogP contribution in [-0.2, 0) is 0 Å². The van der Waals surface area contributed by atoms with Crippen LogP contribution in [0.1, 0.15) is 16.8 Å². The van der Waals surface area contributed by atoms with Crippen LogP contribution >= 0.6 is 11.8 Å². The van der Waals surface area contributed by atoms with E-state index in [9.17, 15) is 13.6 Å². The van der Waals surface area contributed by atoms with E-state index in [-0.39, 0.29) is 18.7 Å². The monoisotopic (exact) mass is 231 g/mol. The fraction of sp³-hybridized carbons (Fsp3) is 0.300. The minimum Gasteiger partial charge on any atom is -0.330 e. The molecule has 1 rings (SSSR count). The second kappa shape index (κ2) is 5.82. The highest BCUT2D eigenvalue weighted by atomic mass is 32.2. The molecule has 1 aromatic carbocycles. The number of rotatable bonds is 5. The Morgan fingerprint density at radius 3 is 2.80 bits per heavy atom. The molecule has 0 atom stereocenters.